The summed E-state index contributed by atoms with van der Waals surface area (Å²) in [6.07, 6.45) is 2.98. The van der Waals surface area contributed by atoms with E-state index in [-0.39, 0.29) is 45.1 Å². The fraction of sp³-hybridized carbons (Fsp3) is 0.273. The number of amides is 1. The number of anilines is 3. The number of rotatable bonds is 7. The molecule has 4 aromatic rings. The van der Waals surface area contributed by atoms with Crippen LogP contribution in [0.2, 0.25) is 0 Å². The molecular weight excluding hydrogens is 480 g/mol. The topological polar surface area (TPSA) is 135 Å². The number of fused-ring (bicyclic) bond motifs is 1. The minimum atomic E-state index is -3.70. The van der Waals surface area contributed by atoms with E-state index in [4.69, 9.17) is 0 Å². The summed E-state index contributed by atoms with van der Waals surface area (Å²) in [6, 6.07) is 6.25. The SMILES string of the molecule is Cn1cncc1-c1ccc(Nc2cc(NC(=O)C3CC3)nc3[nH]c(C(F)F)nc23)c(S(C)(=O)=O)c1. The van der Waals surface area contributed by atoms with Crippen molar-refractivity contribution in [1.29, 1.82) is 0 Å². The number of hydrogen-bond donors (Lipinski definition) is 3. The van der Waals surface area contributed by atoms with Gasteiger partial charge in [-0.1, -0.05) is 6.07 Å². The molecule has 1 fully saturated rings. The smallest absolute Gasteiger partial charge is 0.295 e. The number of halogens is 2. The predicted octanol–water partition coefficient (Wildman–Crippen LogP) is 3.79. The molecule has 0 spiro atoms. The van der Waals surface area contributed by atoms with Crippen LogP contribution >= 0.6 is 0 Å². The van der Waals surface area contributed by atoms with Crippen molar-refractivity contribution >= 4 is 44.1 Å². The number of carbonyl (C=O) groups excluding carboxylic acids is 1. The Morgan fingerprint density at radius 2 is 1.97 bits per heavy atom. The van der Waals surface area contributed by atoms with Gasteiger partial charge < -0.3 is 20.2 Å². The molecule has 35 heavy (non-hydrogen) atoms. The fourth-order valence-electron chi connectivity index (χ4n) is 3.72. The van der Waals surface area contributed by atoms with Crippen LogP contribution in [0.25, 0.3) is 22.4 Å². The molecular formula is C22H21F2N7O3S. The summed E-state index contributed by atoms with van der Waals surface area (Å²) in [4.78, 5) is 26.9. The minimum absolute atomic E-state index is 0.00523. The maximum atomic E-state index is 13.3. The number of aromatic amines is 1. The van der Waals surface area contributed by atoms with E-state index in [9.17, 15) is 22.0 Å². The Hall–Kier alpha value is -3.87. The van der Waals surface area contributed by atoms with Crippen molar-refractivity contribution in [1.82, 2.24) is 24.5 Å². The third-order valence-electron chi connectivity index (χ3n) is 5.64. The lowest BCUT2D eigenvalue weighted by molar-refractivity contribution is -0.117. The van der Waals surface area contributed by atoms with Gasteiger partial charge in [0.1, 0.15) is 11.3 Å². The van der Waals surface area contributed by atoms with Crippen molar-refractivity contribution < 1.29 is 22.0 Å². The Kier molecular flexibility index (Phi) is 5.50. The van der Waals surface area contributed by atoms with Crippen LogP contribution in [0.1, 0.15) is 25.1 Å². The van der Waals surface area contributed by atoms with Crippen LogP contribution in [0.3, 0.4) is 0 Å². The molecule has 10 nitrogen and oxygen atoms in total. The highest BCUT2D eigenvalue weighted by Crippen LogP contribution is 2.35. The highest BCUT2D eigenvalue weighted by Gasteiger charge is 2.30. The molecule has 0 aliphatic heterocycles. The van der Waals surface area contributed by atoms with Crippen LogP contribution in [-0.4, -0.2) is 45.1 Å². The van der Waals surface area contributed by atoms with Crippen LogP contribution in [0.15, 0.2) is 41.7 Å². The molecule has 0 unspecified atom stereocenters. The molecule has 3 N–H and O–H groups in total. The van der Waals surface area contributed by atoms with Gasteiger partial charge in [0.2, 0.25) is 5.91 Å². The molecule has 3 heterocycles. The van der Waals surface area contributed by atoms with Crippen LogP contribution in [0.5, 0.6) is 0 Å². The first kappa shape index (κ1) is 22.9. The van der Waals surface area contributed by atoms with Gasteiger partial charge in [-0.2, -0.15) is 0 Å². The zero-order valence-corrected chi connectivity index (χ0v) is 19.5. The van der Waals surface area contributed by atoms with Gasteiger partial charge in [0.15, 0.2) is 21.3 Å². The van der Waals surface area contributed by atoms with Gasteiger partial charge in [-0.05, 0) is 25.0 Å². The van der Waals surface area contributed by atoms with Gasteiger partial charge in [-0.3, -0.25) is 4.79 Å². The second kappa shape index (κ2) is 8.41. The van der Waals surface area contributed by atoms with Crippen LogP contribution in [-0.2, 0) is 21.7 Å². The Morgan fingerprint density at radius 3 is 2.60 bits per heavy atom. The Bertz CT molecular complexity index is 1560. The summed E-state index contributed by atoms with van der Waals surface area (Å²) < 4.78 is 53.7. The summed E-state index contributed by atoms with van der Waals surface area (Å²) >= 11 is 0. The standard InChI is InChI=1S/C22H21F2N7O3S/c1-31-10-25-9-15(31)12-5-6-13(16(7-12)35(2,33)34)26-14-8-17(28-22(32)11-3-4-11)27-20-18(14)29-21(30-20)19(23)24/h5-11,19H,3-4H2,1-2H3,(H3,26,27,28,29,30,32). The minimum Gasteiger partial charge on any atom is -0.352 e. The molecule has 5 rings (SSSR count). The Balaban J connectivity index is 1.60. The molecule has 1 aliphatic carbocycles. The first-order chi connectivity index (χ1) is 16.6. The first-order valence-corrected chi connectivity index (χ1v) is 12.6. The lowest BCUT2D eigenvalue weighted by Gasteiger charge is -2.14. The Labute approximate surface area is 198 Å². The number of aryl methyl sites for hydroxylation is 1. The van der Waals surface area contributed by atoms with E-state index in [2.05, 4.69) is 30.6 Å². The summed E-state index contributed by atoms with van der Waals surface area (Å²) in [5.41, 5.74) is 1.89. The molecule has 182 valence electrons. The summed E-state index contributed by atoms with van der Waals surface area (Å²) in [5, 5.41) is 5.69. The number of hydrogen-bond acceptors (Lipinski definition) is 7. The van der Waals surface area contributed by atoms with Crippen LogP contribution in [0, 0.1) is 5.92 Å². The molecule has 1 saturated carbocycles. The number of imidazole rings is 2. The maximum Gasteiger partial charge on any atom is 0.295 e. The summed E-state index contributed by atoms with van der Waals surface area (Å²) in [6.45, 7) is 0. The number of carbonyl (C=O) groups is 1. The molecule has 3 aromatic heterocycles. The van der Waals surface area contributed by atoms with E-state index in [0.717, 1.165) is 19.1 Å². The number of alkyl halides is 2. The average molecular weight is 502 g/mol. The van der Waals surface area contributed by atoms with Gasteiger partial charge in [-0.15, -0.1) is 0 Å². The normalized spacial score (nSPS) is 14.0. The van der Waals surface area contributed by atoms with Crippen molar-refractivity contribution in [2.24, 2.45) is 13.0 Å². The quantitative estimate of drug-likeness (QED) is 0.351. The molecule has 1 amide bonds. The van der Waals surface area contributed by atoms with E-state index < -0.39 is 22.1 Å². The van der Waals surface area contributed by atoms with Gasteiger partial charge in [0.05, 0.1) is 34.5 Å². The van der Waals surface area contributed by atoms with Crippen molar-refractivity contribution in [3.8, 4) is 11.3 Å². The molecule has 1 aromatic carbocycles. The molecule has 0 saturated heterocycles. The van der Waals surface area contributed by atoms with E-state index in [1.807, 2.05) is 0 Å². The highest BCUT2D eigenvalue weighted by atomic mass is 32.2. The second-order valence-corrected chi connectivity index (χ2v) is 10.4. The fourth-order valence-corrected chi connectivity index (χ4v) is 4.58. The number of benzene rings is 1. The van der Waals surface area contributed by atoms with Gasteiger partial charge in [0, 0.05) is 30.9 Å². The monoisotopic (exact) mass is 501 g/mol. The number of aromatic nitrogens is 5. The molecule has 0 radical (unpaired) electrons. The third kappa shape index (κ3) is 4.58. The van der Waals surface area contributed by atoms with Gasteiger partial charge in [-0.25, -0.2) is 32.2 Å². The zero-order chi connectivity index (χ0) is 24.9. The van der Waals surface area contributed by atoms with E-state index >= 15 is 0 Å². The van der Waals surface area contributed by atoms with E-state index in [0.29, 0.717) is 11.3 Å². The van der Waals surface area contributed by atoms with Gasteiger partial charge in [0.25, 0.3) is 6.43 Å². The van der Waals surface area contributed by atoms with Crippen molar-refractivity contribution in [2.45, 2.75) is 24.2 Å². The largest absolute Gasteiger partial charge is 0.352 e. The Morgan fingerprint density at radius 1 is 1.20 bits per heavy atom. The summed E-state index contributed by atoms with van der Waals surface area (Å²) in [7, 11) is -1.91. The maximum absolute atomic E-state index is 13.3. The number of sulfone groups is 1. The number of pyridine rings is 1. The van der Waals surface area contributed by atoms with E-state index in [1.54, 1.807) is 36.3 Å². The van der Waals surface area contributed by atoms with Crippen LogP contribution in [0.4, 0.5) is 26.0 Å². The number of H-pyrrole nitrogens is 1. The lowest BCUT2D eigenvalue weighted by Crippen LogP contribution is -2.14. The van der Waals surface area contributed by atoms with Crippen molar-refractivity contribution in [3.05, 3.63) is 42.6 Å². The summed E-state index contributed by atoms with van der Waals surface area (Å²) in [5.74, 6) is -0.766. The second-order valence-electron chi connectivity index (χ2n) is 8.44. The molecule has 0 atom stereocenters. The molecule has 0 bridgehead atoms. The zero-order valence-electron chi connectivity index (χ0n) is 18.7. The molecule has 1 aliphatic rings. The van der Waals surface area contributed by atoms with E-state index in [1.165, 1.54) is 12.1 Å². The molecule has 13 heteroatoms. The average Bonchev–Trinajstić information content (AvgIpc) is 3.41. The lowest BCUT2D eigenvalue weighted by atomic mass is 10.1. The van der Waals surface area contributed by atoms with Crippen LogP contribution < -0.4 is 10.6 Å². The number of nitrogens with one attached hydrogen (secondary N) is 3. The predicted molar refractivity (Wildman–Crippen MR) is 125 cm³/mol. The number of nitrogens with zero attached hydrogens (tertiary/aromatic N) is 4. The first-order valence-electron chi connectivity index (χ1n) is 10.7. The van der Waals surface area contributed by atoms with Gasteiger partial charge >= 0.3 is 0 Å². The highest BCUT2D eigenvalue weighted by molar-refractivity contribution is 7.90. The van der Waals surface area contributed by atoms with Crippen molar-refractivity contribution in [3.63, 3.8) is 0 Å². The third-order valence-corrected chi connectivity index (χ3v) is 6.78. The van der Waals surface area contributed by atoms with Crippen molar-refractivity contribution in [2.75, 3.05) is 16.9 Å².